The van der Waals surface area contributed by atoms with Gasteiger partial charge in [-0.3, -0.25) is 9.59 Å². The van der Waals surface area contributed by atoms with Crippen molar-refractivity contribution < 1.29 is 24.2 Å². The van der Waals surface area contributed by atoms with Crippen molar-refractivity contribution in [2.45, 2.75) is 25.2 Å². The Hall–Kier alpha value is -3.02. The Morgan fingerprint density at radius 1 is 1.11 bits per heavy atom. The molecule has 0 spiro atoms. The number of carbonyl (C=O) groups excluding carboxylic acids is 1. The number of ether oxygens (including phenoxy) is 2. The average molecular weight is 369 g/mol. The lowest BCUT2D eigenvalue weighted by Crippen LogP contribution is -2.14. The standard InChI is InChI=1S/C21H23NO5/c1-26-15-8-9-19(27-2)17(11-15)16-12-18(16)21(25)22-14-6-3-13(4-7-14)5-10-20(23)24/h3-4,6-9,11,16,18H,5,10,12H2,1-2H3,(H,22,25)(H,23,24). The number of aryl methyl sites for hydroxylation is 1. The number of benzene rings is 2. The van der Waals surface area contributed by atoms with E-state index in [1.165, 1.54) is 0 Å². The maximum absolute atomic E-state index is 12.6. The van der Waals surface area contributed by atoms with Gasteiger partial charge in [-0.2, -0.15) is 0 Å². The summed E-state index contributed by atoms with van der Waals surface area (Å²) >= 11 is 0. The molecule has 1 fully saturated rings. The maximum atomic E-state index is 12.6. The van der Waals surface area contributed by atoms with E-state index >= 15 is 0 Å². The van der Waals surface area contributed by atoms with Crippen LogP contribution in [0.1, 0.15) is 29.9 Å². The van der Waals surface area contributed by atoms with Crippen LogP contribution < -0.4 is 14.8 Å². The molecule has 2 aromatic rings. The summed E-state index contributed by atoms with van der Waals surface area (Å²) in [6, 6.07) is 12.9. The van der Waals surface area contributed by atoms with E-state index in [1.54, 1.807) is 26.4 Å². The first-order valence-corrected chi connectivity index (χ1v) is 8.85. The number of hydrogen-bond acceptors (Lipinski definition) is 4. The molecule has 2 atom stereocenters. The number of nitrogens with one attached hydrogen (secondary N) is 1. The molecule has 1 amide bonds. The second-order valence-corrected chi connectivity index (χ2v) is 6.64. The minimum absolute atomic E-state index is 0.0249. The molecule has 0 heterocycles. The predicted octanol–water partition coefficient (Wildman–Crippen LogP) is 3.46. The quantitative estimate of drug-likeness (QED) is 0.744. The summed E-state index contributed by atoms with van der Waals surface area (Å²) in [5, 5.41) is 11.7. The number of rotatable bonds is 8. The van der Waals surface area contributed by atoms with E-state index < -0.39 is 5.97 Å². The van der Waals surface area contributed by atoms with Crippen molar-refractivity contribution in [3.05, 3.63) is 53.6 Å². The first-order chi connectivity index (χ1) is 13.0. The third-order valence-electron chi connectivity index (χ3n) is 4.81. The zero-order chi connectivity index (χ0) is 19.4. The monoisotopic (exact) mass is 369 g/mol. The number of carboxylic acid groups (broad SMARTS) is 1. The Morgan fingerprint density at radius 3 is 2.48 bits per heavy atom. The molecular formula is C21H23NO5. The Morgan fingerprint density at radius 2 is 1.85 bits per heavy atom. The topological polar surface area (TPSA) is 84.9 Å². The van der Waals surface area contributed by atoms with E-state index in [4.69, 9.17) is 14.6 Å². The van der Waals surface area contributed by atoms with Gasteiger partial charge in [0, 0.05) is 29.5 Å². The third-order valence-corrected chi connectivity index (χ3v) is 4.81. The Kier molecular flexibility index (Phi) is 5.64. The Bertz CT molecular complexity index is 831. The van der Waals surface area contributed by atoms with Crippen molar-refractivity contribution >= 4 is 17.6 Å². The van der Waals surface area contributed by atoms with Crippen LogP contribution in [0.4, 0.5) is 5.69 Å². The van der Waals surface area contributed by atoms with Crippen molar-refractivity contribution in [2.24, 2.45) is 5.92 Å². The second-order valence-electron chi connectivity index (χ2n) is 6.64. The molecular weight excluding hydrogens is 346 g/mol. The van der Waals surface area contributed by atoms with E-state index in [9.17, 15) is 9.59 Å². The SMILES string of the molecule is COc1ccc(OC)c(C2CC2C(=O)Nc2ccc(CCC(=O)O)cc2)c1. The molecule has 3 rings (SSSR count). The summed E-state index contributed by atoms with van der Waals surface area (Å²) in [7, 11) is 3.23. The van der Waals surface area contributed by atoms with Crippen molar-refractivity contribution in [2.75, 3.05) is 19.5 Å². The van der Waals surface area contributed by atoms with Crippen LogP contribution >= 0.6 is 0 Å². The molecule has 0 saturated heterocycles. The first kappa shape index (κ1) is 18.8. The molecule has 2 N–H and O–H groups in total. The van der Waals surface area contributed by atoms with Crippen LogP contribution in [0.2, 0.25) is 0 Å². The number of carboxylic acids is 1. The fourth-order valence-corrected chi connectivity index (χ4v) is 3.20. The molecule has 0 radical (unpaired) electrons. The number of methoxy groups -OCH3 is 2. The van der Waals surface area contributed by atoms with Crippen LogP contribution in [0.25, 0.3) is 0 Å². The molecule has 142 valence electrons. The molecule has 27 heavy (non-hydrogen) atoms. The van der Waals surface area contributed by atoms with Crippen LogP contribution in [-0.4, -0.2) is 31.2 Å². The van der Waals surface area contributed by atoms with Gasteiger partial charge in [-0.15, -0.1) is 0 Å². The van der Waals surface area contributed by atoms with Gasteiger partial charge in [0.25, 0.3) is 0 Å². The van der Waals surface area contributed by atoms with Gasteiger partial charge in [0.15, 0.2) is 0 Å². The molecule has 0 aliphatic heterocycles. The fraction of sp³-hybridized carbons (Fsp3) is 0.333. The Labute approximate surface area is 158 Å². The number of anilines is 1. The van der Waals surface area contributed by atoms with Crippen LogP contribution in [0.3, 0.4) is 0 Å². The minimum Gasteiger partial charge on any atom is -0.497 e. The molecule has 0 bridgehead atoms. The normalized spacial score (nSPS) is 17.9. The van der Waals surface area contributed by atoms with Gasteiger partial charge in [-0.25, -0.2) is 0 Å². The lowest BCUT2D eigenvalue weighted by atomic mass is 10.1. The smallest absolute Gasteiger partial charge is 0.303 e. The summed E-state index contributed by atoms with van der Waals surface area (Å²) in [4.78, 5) is 23.2. The molecule has 1 saturated carbocycles. The van der Waals surface area contributed by atoms with Gasteiger partial charge in [0.1, 0.15) is 11.5 Å². The highest BCUT2D eigenvalue weighted by atomic mass is 16.5. The van der Waals surface area contributed by atoms with Crippen molar-refractivity contribution in [3.8, 4) is 11.5 Å². The van der Waals surface area contributed by atoms with Crippen LogP contribution in [0, 0.1) is 5.92 Å². The largest absolute Gasteiger partial charge is 0.497 e. The average Bonchev–Trinajstić information content (AvgIpc) is 3.47. The number of carbonyl (C=O) groups is 2. The van der Waals surface area contributed by atoms with Crippen molar-refractivity contribution in [1.82, 2.24) is 0 Å². The lowest BCUT2D eigenvalue weighted by Gasteiger charge is -2.11. The highest BCUT2D eigenvalue weighted by Crippen LogP contribution is 2.51. The number of amides is 1. The first-order valence-electron chi connectivity index (χ1n) is 8.85. The minimum atomic E-state index is -0.819. The zero-order valence-electron chi connectivity index (χ0n) is 15.4. The van der Waals surface area contributed by atoms with E-state index in [2.05, 4.69) is 5.32 Å². The van der Waals surface area contributed by atoms with Gasteiger partial charge in [-0.1, -0.05) is 12.1 Å². The molecule has 2 unspecified atom stereocenters. The summed E-state index contributed by atoms with van der Waals surface area (Å²) in [6.07, 6.45) is 1.34. The van der Waals surface area contributed by atoms with E-state index in [0.717, 1.165) is 29.0 Å². The van der Waals surface area contributed by atoms with Crippen LogP contribution in [-0.2, 0) is 16.0 Å². The summed E-state index contributed by atoms with van der Waals surface area (Å²) in [5.74, 6) is 0.679. The number of hydrogen-bond donors (Lipinski definition) is 2. The second kappa shape index (κ2) is 8.12. The van der Waals surface area contributed by atoms with Crippen molar-refractivity contribution in [1.29, 1.82) is 0 Å². The molecule has 1 aliphatic carbocycles. The van der Waals surface area contributed by atoms with Gasteiger partial charge in [-0.05, 0) is 48.7 Å². The van der Waals surface area contributed by atoms with Crippen LogP contribution in [0.15, 0.2) is 42.5 Å². The summed E-state index contributed by atoms with van der Waals surface area (Å²) in [6.45, 7) is 0. The van der Waals surface area contributed by atoms with Crippen LogP contribution in [0.5, 0.6) is 11.5 Å². The van der Waals surface area contributed by atoms with Gasteiger partial charge < -0.3 is 19.9 Å². The van der Waals surface area contributed by atoms with Crippen molar-refractivity contribution in [3.63, 3.8) is 0 Å². The van der Waals surface area contributed by atoms with E-state index in [-0.39, 0.29) is 24.2 Å². The molecule has 0 aromatic heterocycles. The highest BCUT2D eigenvalue weighted by molar-refractivity contribution is 5.95. The molecule has 1 aliphatic rings. The summed E-state index contributed by atoms with van der Waals surface area (Å²) < 4.78 is 10.7. The van der Waals surface area contributed by atoms with Gasteiger partial charge in [0.2, 0.25) is 5.91 Å². The number of aliphatic carboxylic acids is 1. The van der Waals surface area contributed by atoms with Gasteiger partial charge in [0.05, 0.1) is 14.2 Å². The predicted molar refractivity (Wildman–Crippen MR) is 101 cm³/mol. The van der Waals surface area contributed by atoms with Gasteiger partial charge >= 0.3 is 5.97 Å². The molecule has 6 heteroatoms. The van der Waals surface area contributed by atoms with E-state index in [0.29, 0.717) is 12.1 Å². The third kappa shape index (κ3) is 4.58. The Balaban J connectivity index is 1.61. The molecule has 6 nitrogen and oxygen atoms in total. The summed E-state index contributed by atoms with van der Waals surface area (Å²) in [5.41, 5.74) is 2.63. The zero-order valence-corrected chi connectivity index (χ0v) is 15.4. The lowest BCUT2D eigenvalue weighted by molar-refractivity contribution is -0.137. The maximum Gasteiger partial charge on any atom is 0.303 e. The molecule has 2 aromatic carbocycles. The highest BCUT2D eigenvalue weighted by Gasteiger charge is 2.45. The fourth-order valence-electron chi connectivity index (χ4n) is 3.20. The van der Waals surface area contributed by atoms with E-state index in [1.807, 2.05) is 30.3 Å².